The Morgan fingerprint density at radius 1 is 0.974 bits per heavy atom. The lowest BCUT2D eigenvalue weighted by Gasteiger charge is -2.40. The Hall–Kier alpha value is -4.08. The summed E-state index contributed by atoms with van der Waals surface area (Å²) in [4.78, 5) is 22.5. The smallest absolute Gasteiger partial charge is 0.335 e. The quantitative estimate of drug-likeness (QED) is 0.190. The molecule has 0 aliphatic carbocycles. The summed E-state index contributed by atoms with van der Waals surface area (Å²) in [6.07, 6.45) is -11.6. The topological polar surface area (TPSA) is 233 Å². The fraction of sp³-hybridized carbons (Fsp3) is 0.360. The molecule has 2 aliphatic rings. The molecule has 0 aromatic heterocycles. The summed E-state index contributed by atoms with van der Waals surface area (Å²) >= 11 is 0. The number of aliphatic hydroxyl groups is 4. The maximum Gasteiger partial charge on any atom is 0.335 e. The third kappa shape index (κ3) is 6.16. The number of phenols is 3. The number of hydrogen-bond donors (Lipinski definition) is 8. The van der Waals surface area contributed by atoms with E-state index >= 15 is 0 Å². The molecule has 14 nitrogen and oxygen atoms in total. The average Bonchev–Trinajstić information content (AvgIpc) is 2.88. The molecule has 0 radical (unpaired) electrons. The van der Waals surface area contributed by atoms with Crippen LogP contribution >= 0.6 is 0 Å². The van der Waals surface area contributed by atoms with Gasteiger partial charge in [-0.3, -0.25) is 4.79 Å². The van der Waals surface area contributed by atoms with Crippen molar-refractivity contribution in [3.8, 4) is 23.0 Å². The summed E-state index contributed by atoms with van der Waals surface area (Å²) in [7, 11) is 0. The van der Waals surface area contributed by atoms with Gasteiger partial charge in [0.05, 0.1) is 6.42 Å². The lowest BCUT2D eigenvalue weighted by atomic mass is 9.98. The molecule has 2 aromatic carbocycles. The van der Waals surface area contributed by atoms with Gasteiger partial charge in [0, 0.05) is 29.7 Å². The Balaban J connectivity index is 1.59. The van der Waals surface area contributed by atoms with E-state index < -0.39 is 61.8 Å². The van der Waals surface area contributed by atoms with E-state index in [0.29, 0.717) is 5.56 Å². The largest absolute Gasteiger partial charge is 0.508 e. The molecule has 8 N–H and O–H groups in total. The summed E-state index contributed by atoms with van der Waals surface area (Å²) < 4.78 is 22.1. The second-order valence-corrected chi connectivity index (χ2v) is 8.90. The van der Waals surface area contributed by atoms with Gasteiger partial charge in [0.1, 0.15) is 59.8 Å². The Kier molecular flexibility index (Phi) is 8.13. The van der Waals surface area contributed by atoms with Gasteiger partial charge in [-0.15, -0.1) is 0 Å². The molecule has 6 atom stereocenters. The summed E-state index contributed by atoms with van der Waals surface area (Å²) in [5.41, 5.74) is 0.606. The van der Waals surface area contributed by atoms with Crippen LogP contribution in [0.2, 0.25) is 0 Å². The number of aliphatic hydroxyl groups excluding tert-OH is 4. The maximum atomic E-state index is 11.9. The standard InChI is InChI=1S/C25H26O14/c26-11-3-1-10(2-4-11)23-17(7-13-14(28)5-12(27)6-16(13)37-23)38-25-22(34)21(33)20(32)18(39-25)9-36-24(35)15(29)8-19(30)31/h1-6,15,18,20-22,25-29,32-34H,7-9H2,(H,30,31)/t15-,18-,20-,21+,22-,25-/m0/s1. The SMILES string of the molecule is O=C(O)C[C@H](O)C(=O)OC[C@@H]1O[C@H](OC2=C(c3ccc(O)cc3)Oc3cc(O)cc(O)c3C2)[C@@H](O)[C@H](O)[C@H]1O. The first-order valence-corrected chi connectivity index (χ1v) is 11.6. The van der Waals surface area contributed by atoms with Gasteiger partial charge in [0.2, 0.25) is 6.29 Å². The first-order valence-electron chi connectivity index (χ1n) is 11.6. The Bertz CT molecular complexity index is 1260. The fourth-order valence-corrected chi connectivity index (χ4v) is 4.02. The van der Waals surface area contributed by atoms with Gasteiger partial charge < -0.3 is 59.8 Å². The third-order valence-electron chi connectivity index (χ3n) is 6.06. The highest BCUT2D eigenvalue weighted by atomic mass is 16.7. The van der Waals surface area contributed by atoms with Crippen molar-refractivity contribution >= 4 is 17.7 Å². The molecule has 0 spiro atoms. The average molecular weight is 550 g/mol. The molecule has 39 heavy (non-hydrogen) atoms. The lowest BCUT2D eigenvalue weighted by Crippen LogP contribution is -2.59. The lowest BCUT2D eigenvalue weighted by molar-refractivity contribution is -0.292. The Morgan fingerprint density at radius 2 is 1.67 bits per heavy atom. The number of allylic oxidation sites excluding steroid dienone is 1. The minimum atomic E-state index is -1.98. The van der Waals surface area contributed by atoms with Crippen molar-refractivity contribution in [1.29, 1.82) is 0 Å². The molecule has 2 heterocycles. The van der Waals surface area contributed by atoms with E-state index in [4.69, 9.17) is 24.1 Å². The number of aliphatic carboxylic acids is 1. The van der Waals surface area contributed by atoms with Gasteiger partial charge in [-0.1, -0.05) is 0 Å². The molecule has 0 unspecified atom stereocenters. The van der Waals surface area contributed by atoms with Crippen molar-refractivity contribution in [3.05, 3.63) is 53.3 Å². The number of carboxylic acid groups (broad SMARTS) is 1. The summed E-state index contributed by atoms with van der Waals surface area (Å²) in [5.74, 6) is -3.22. The molecule has 4 rings (SSSR count). The van der Waals surface area contributed by atoms with Crippen molar-refractivity contribution in [2.24, 2.45) is 0 Å². The number of fused-ring (bicyclic) bond motifs is 1. The number of carbonyl (C=O) groups excluding carboxylic acids is 1. The molecule has 0 saturated carbocycles. The van der Waals surface area contributed by atoms with Gasteiger partial charge in [0.15, 0.2) is 11.9 Å². The number of carbonyl (C=O) groups is 2. The number of phenolic OH excluding ortho intramolecular Hbond substituents is 3. The minimum Gasteiger partial charge on any atom is -0.508 e. The number of carboxylic acids is 1. The predicted molar refractivity (Wildman–Crippen MR) is 126 cm³/mol. The van der Waals surface area contributed by atoms with E-state index in [2.05, 4.69) is 0 Å². The molecule has 2 aliphatic heterocycles. The van der Waals surface area contributed by atoms with E-state index in [9.17, 15) is 45.3 Å². The third-order valence-corrected chi connectivity index (χ3v) is 6.06. The van der Waals surface area contributed by atoms with Crippen LogP contribution < -0.4 is 4.74 Å². The van der Waals surface area contributed by atoms with Crippen molar-refractivity contribution in [1.82, 2.24) is 0 Å². The van der Waals surface area contributed by atoms with Crippen LogP contribution in [-0.2, 0) is 30.2 Å². The van der Waals surface area contributed by atoms with Crippen LogP contribution in [0.15, 0.2) is 42.2 Å². The zero-order valence-electron chi connectivity index (χ0n) is 20.1. The Labute approximate surface area is 220 Å². The van der Waals surface area contributed by atoms with E-state index in [1.54, 1.807) is 0 Å². The van der Waals surface area contributed by atoms with Crippen LogP contribution in [0.1, 0.15) is 17.5 Å². The summed E-state index contributed by atoms with van der Waals surface area (Å²) in [6, 6.07) is 8.07. The van der Waals surface area contributed by atoms with Crippen LogP contribution in [0, 0.1) is 0 Å². The van der Waals surface area contributed by atoms with Crippen LogP contribution in [0.5, 0.6) is 23.0 Å². The molecule has 2 aromatic rings. The van der Waals surface area contributed by atoms with Crippen LogP contribution in [-0.4, -0.2) is 96.2 Å². The van der Waals surface area contributed by atoms with Crippen molar-refractivity contribution in [3.63, 3.8) is 0 Å². The molecule has 0 bridgehead atoms. The van der Waals surface area contributed by atoms with Gasteiger partial charge in [0.25, 0.3) is 0 Å². The second-order valence-electron chi connectivity index (χ2n) is 8.90. The number of benzene rings is 2. The van der Waals surface area contributed by atoms with Crippen molar-refractivity contribution in [2.45, 2.75) is 49.7 Å². The van der Waals surface area contributed by atoms with Gasteiger partial charge >= 0.3 is 11.9 Å². The maximum absolute atomic E-state index is 11.9. The Morgan fingerprint density at radius 3 is 2.33 bits per heavy atom. The number of rotatable bonds is 8. The van der Waals surface area contributed by atoms with E-state index in [0.717, 1.165) is 6.07 Å². The highest BCUT2D eigenvalue weighted by Gasteiger charge is 2.46. The van der Waals surface area contributed by atoms with Crippen LogP contribution in [0.4, 0.5) is 0 Å². The fourth-order valence-electron chi connectivity index (χ4n) is 4.02. The summed E-state index contributed by atoms with van der Waals surface area (Å²) in [6.45, 7) is -0.733. The number of ether oxygens (including phenoxy) is 4. The van der Waals surface area contributed by atoms with E-state index in [1.807, 2.05) is 0 Å². The normalized spacial score (nSPS) is 25.3. The van der Waals surface area contributed by atoms with Gasteiger partial charge in [-0.05, 0) is 24.3 Å². The van der Waals surface area contributed by atoms with Crippen LogP contribution in [0.3, 0.4) is 0 Å². The van der Waals surface area contributed by atoms with E-state index in [-0.39, 0.29) is 46.5 Å². The molecule has 14 heteroatoms. The first-order chi connectivity index (χ1) is 18.4. The highest BCUT2D eigenvalue weighted by molar-refractivity contribution is 5.80. The molecular formula is C25H26O14. The first kappa shape index (κ1) is 27.9. The van der Waals surface area contributed by atoms with Crippen molar-refractivity contribution < 1.29 is 69.4 Å². The minimum absolute atomic E-state index is 0.00514. The van der Waals surface area contributed by atoms with Gasteiger partial charge in [-0.25, -0.2) is 4.79 Å². The second kappa shape index (κ2) is 11.3. The van der Waals surface area contributed by atoms with Crippen molar-refractivity contribution in [2.75, 3.05) is 6.61 Å². The molecule has 210 valence electrons. The zero-order valence-corrected chi connectivity index (χ0v) is 20.1. The molecular weight excluding hydrogens is 524 g/mol. The highest BCUT2D eigenvalue weighted by Crippen LogP contribution is 2.42. The predicted octanol–water partition coefficient (Wildman–Crippen LogP) is -0.690. The number of esters is 1. The van der Waals surface area contributed by atoms with Crippen LogP contribution in [0.25, 0.3) is 5.76 Å². The van der Waals surface area contributed by atoms with Gasteiger partial charge in [-0.2, -0.15) is 0 Å². The zero-order chi connectivity index (χ0) is 28.4. The molecule has 0 amide bonds. The summed E-state index contributed by atoms with van der Waals surface area (Å²) in [5, 5.41) is 79.4. The number of hydrogen-bond acceptors (Lipinski definition) is 13. The van der Waals surface area contributed by atoms with E-state index in [1.165, 1.54) is 30.3 Å². The number of aromatic hydroxyl groups is 3. The molecule has 1 fully saturated rings. The molecule has 1 saturated heterocycles. The monoisotopic (exact) mass is 550 g/mol.